The molecule has 17 heavy (non-hydrogen) atoms. The molecule has 0 N–H and O–H groups in total. The van der Waals surface area contributed by atoms with Crippen molar-refractivity contribution in [2.75, 3.05) is 11.9 Å². The summed E-state index contributed by atoms with van der Waals surface area (Å²) in [6.45, 7) is 4.62. The zero-order chi connectivity index (χ0) is 12.4. The molecule has 92 valence electrons. The minimum Gasteiger partial charge on any atom is -0.335 e. The van der Waals surface area contributed by atoms with Crippen LogP contribution in [0.4, 0.5) is 0 Å². The standard InChI is InChI=1S/C13H17BrN2O/c1-9-3-6-12(10(2)15-9)13(17)16(8-7-14)11-4-5-11/h3,6,11H,4-5,7-8H2,1-2H3. The first-order valence-electron chi connectivity index (χ1n) is 5.94. The van der Waals surface area contributed by atoms with Crippen LogP contribution >= 0.6 is 15.9 Å². The Morgan fingerprint density at radius 1 is 1.47 bits per heavy atom. The Bertz CT molecular complexity index is 429. The number of hydrogen-bond donors (Lipinski definition) is 0. The van der Waals surface area contributed by atoms with Gasteiger partial charge in [-0.05, 0) is 38.8 Å². The van der Waals surface area contributed by atoms with Crippen molar-refractivity contribution in [2.45, 2.75) is 32.7 Å². The normalized spacial score (nSPS) is 14.8. The molecule has 0 bridgehead atoms. The van der Waals surface area contributed by atoms with Crippen LogP contribution < -0.4 is 0 Å². The topological polar surface area (TPSA) is 33.2 Å². The Morgan fingerprint density at radius 2 is 2.18 bits per heavy atom. The van der Waals surface area contributed by atoms with Crippen molar-refractivity contribution < 1.29 is 4.79 Å². The molecule has 1 aliphatic carbocycles. The molecule has 0 saturated heterocycles. The van der Waals surface area contributed by atoms with E-state index < -0.39 is 0 Å². The lowest BCUT2D eigenvalue weighted by molar-refractivity contribution is 0.0753. The van der Waals surface area contributed by atoms with Gasteiger partial charge in [0.25, 0.3) is 5.91 Å². The van der Waals surface area contributed by atoms with E-state index in [1.54, 1.807) is 0 Å². The average molecular weight is 297 g/mol. The summed E-state index contributed by atoms with van der Waals surface area (Å²) in [5.41, 5.74) is 2.52. The lowest BCUT2D eigenvalue weighted by atomic mass is 10.1. The van der Waals surface area contributed by atoms with Crippen LogP contribution in [0, 0.1) is 13.8 Å². The van der Waals surface area contributed by atoms with Gasteiger partial charge in [-0.1, -0.05) is 15.9 Å². The summed E-state index contributed by atoms with van der Waals surface area (Å²) in [7, 11) is 0. The molecule has 1 heterocycles. The van der Waals surface area contributed by atoms with Crippen molar-refractivity contribution in [3.8, 4) is 0 Å². The molecule has 1 aromatic heterocycles. The van der Waals surface area contributed by atoms with Crippen molar-refractivity contribution in [3.63, 3.8) is 0 Å². The fourth-order valence-corrected chi connectivity index (χ4v) is 2.38. The maximum Gasteiger partial charge on any atom is 0.255 e. The number of halogens is 1. The second-order valence-corrected chi connectivity index (χ2v) is 5.30. The molecule has 0 atom stereocenters. The number of pyridine rings is 1. The average Bonchev–Trinajstić information content (AvgIpc) is 3.09. The fraction of sp³-hybridized carbons (Fsp3) is 0.538. The quantitative estimate of drug-likeness (QED) is 0.801. The molecule has 0 spiro atoms. The van der Waals surface area contributed by atoms with Gasteiger partial charge in [-0.2, -0.15) is 0 Å². The first kappa shape index (κ1) is 12.6. The highest BCUT2D eigenvalue weighted by Crippen LogP contribution is 2.28. The van der Waals surface area contributed by atoms with Crippen LogP contribution in [0.25, 0.3) is 0 Å². The van der Waals surface area contributed by atoms with Gasteiger partial charge in [-0.3, -0.25) is 9.78 Å². The molecule has 0 aromatic carbocycles. The number of alkyl halides is 1. The molecule has 0 radical (unpaired) electrons. The molecule has 2 rings (SSSR count). The van der Waals surface area contributed by atoms with E-state index in [0.717, 1.165) is 41.7 Å². The van der Waals surface area contributed by atoms with Gasteiger partial charge in [0.1, 0.15) is 0 Å². The Balaban J connectivity index is 2.22. The summed E-state index contributed by atoms with van der Waals surface area (Å²) in [5.74, 6) is 0.122. The third-order valence-corrected chi connectivity index (χ3v) is 3.38. The van der Waals surface area contributed by atoms with Crippen LogP contribution in [0.2, 0.25) is 0 Å². The van der Waals surface area contributed by atoms with E-state index in [1.807, 2.05) is 30.9 Å². The number of carbonyl (C=O) groups excluding carboxylic acids is 1. The smallest absolute Gasteiger partial charge is 0.255 e. The second kappa shape index (κ2) is 5.17. The molecular weight excluding hydrogens is 280 g/mol. The zero-order valence-electron chi connectivity index (χ0n) is 10.2. The summed E-state index contributed by atoms with van der Waals surface area (Å²) in [6.07, 6.45) is 2.27. The van der Waals surface area contributed by atoms with Crippen LogP contribution in [-0.4, -0.2) is 33.7 Å². The van der Waals surface area contributed by atoms with Crippen LogP contribution in [-0.2, 0) is 0 Å². The van der Waals surface area contributed by atoms with E-state index in [4.69, 9.17) is 0 Å². The molecule has 3 nitrogen and oxygen atoms in total. The summed E-state index contributed by atoms with van der Waals surface area (Å²) >= 11 is 3.41. The first-order chi connectivity index (χ1) is 8.13. The van der Waals surface area contributed by atoms with E-state index in [-0.39, 0.29) is 5.91 Å². The third kappa shape index (κ3) is 2.86. The SMILES string of the molecule is Cc1ccc(C(=O)N(CCBr)C2CC2)c(C)n1. The molecule has 1 saturated carbocycles. The van der Waals surface area contributed by atoms with E-state index in [1.165, 1.54) is 0 Å². The number of amides is 1. The first-order valence-corrected chi connectivity index (χ1v) is 7.07. The van der Waals surface area contributed by atoms with E-state index >= 15 is 0 Å². The number of aryl methyl sites for hydroxylation is 2. The van der Waals surface area contributed by atoms with Crippen molar-refractivity contribution >= 4 is 21.8 Å². The van der Waals surface area contributed by atoms with Gasteiger partial charge in [0.05, 0.1) is 11.3 Å². The van der Waals surface area contributed by atoms with Gasteiger partial charge in [0, 0.05) is 23.6 Å². The Kier molecular flexibility index (Phi) is 3.82. The summed E-state index contributed by atoms with van der Waals surface area (Å²) in [5, 5.41) is 0.827. The molecule has 0 aliphatic heterocycles. The van der Waals surface area contributed by atoms with Gasteiger partial charge >= 0.3 is 0 Å². The number of carbonyl (C=O) groups is 1. The van der Waals surface area contributed by atoms with Gasteiger partial charge in [0.2, 0.25) is 0 Å². The third-order valence-electron chi connectivity index (χ3n) is 3.03. The van der Waals surface area contributed by atoms with E-state index in [0.29, 0.717) is 6.04 Å². The number of aromatic nitrogens is 1. The lowest BCUT2D eigenvalue weighted by Gasteiger charge is -2.22. The molecule has 1 aliphatic rings. The predicted molar refractivity (Wildman–Crippen MR) is 71.6 cm³/mol. The van der Waals surface area contributed by atoms with Crippen LogP contribution in [0.3, 0.4) is 0 Å². The predicted octanol–water partition coefficient (Wildman–Crippen LogP) is 2.70. The molecular formula is C13H17BrN2O. The largest absolute Gasteiger partial charge is 0.335 e. The lowest BCUT2D eigenvalue weighted by Crippen LogP contribution is -2.35. The highest BCUT2D eigenvalue weighted by atomic mass is 79.9. The van der Waals surface area contributed by atoms with Gasteiger partial charge in [0.15, 0.2) is 0 Å². The van der Waals surface area contributed by atoms with Crippen molar-refractivity contribution in [2.24, 2.45) is 0 Å². The number of rotatable bonds is 4. The minimum atomic E-state index is 0.122. The number of hydrogen-bond acceptors (Lipinski definition) is 2. The van der Waals surface area contributed by atoms with Crippen LogP contribution in [0.15, 0.2) is 12.1 Å². The zero-order valence-corrected chi connectivity index (χ0v) is 11.8. The maximum absolute atomic E-state index is 12.4. The molecule has 0 unspecified atom stereocenters. The number of nitrogens with zero attached hydrogens (tertiary/aromatic N) is 2. The van der Waals surface area contributed by atoms with Gasteiger partial charge in [-0.25, -0.2) is 0 Å². The van der Waals surface area contributed by atoms with Crippen molar-refractivity contribution in [3.05, 3.63) is 29.1 Å². The minimum absolute atomic E-state index is 0.122. The monoisotopic (exact) mass is 296 g/mol. The molecule has 4 heteroatoms. The fourth-order valence-electron chi connectivity index (χ4n) is 1.99. The molecule has 1 aromatic rings. The summed E-state index contributed by atoms with van der Waals surface area (Å²) in [6, 6.07) is 4.24. The highest BCUT2D eigenvalue weighted by molar-refractivity contribution is 9.09. The van der Waals surface area contributed by atoms with Gasteiger partial charge < -0.3 is 4.90 Å². The van der Waals surface area contributed by atoms with Crippen LogP contribution in [0.5, 0.6) is 0 Å². The van der Waals surface area contributed by atoms with Crippen molar-refractivity contribution in [1.29, 1.82) is 0 Å². The maximum atomic E-state index is 12.4. The Morgan fingerprint density at radius 3 is 2.71 bits per heavy atom. The second-order valence-electron chi connectivity index (χ2n) is 4.50. The highest BCUT2D eigenvalue weighted by Gasteiger charge is 2.33. The van der Waals surface area contributed by atoms with Gasteiger partial charge in [-0.15, -0.1) is 0 Å². The summed E-state index contributed by atoms with van der Waals surface area (Å²) in [4.78, 5) is 18.7. The van der Waals surface area contributed by atoms with E-state index in [9.17, 15) is 4.79 Å². The Hall–Kier alpha value is -0.900. The van der Waals surface area contributed by atoms with E-state index in [2.05, 4.69) is 20.9 Å². The Labute approximate surface area is 110 Å². The summed E-state index contributed by atoms with van der Waals surface area (Å²) < 4.78 is 0. The molecule has 1 fully saturated rings. The molecule has 1 amide bonds. The van der Waals surface area contributed by atoms with Crippen LogP contribution in [0.1, 0.15) is 34.6 Å². The van der Waals surface area contributed by atoms with Crippen molar-refractivity contribution in [1.82, 2.24) is 9.88 Å².